The molecule has 0 heterocycles. The second-order valence-corrected chi connectivity index (χ2v) is 4.94. The molecule has 0 spiro atoms. The zero-order valence-electron chi connectivity index (χ0n) is 12.4. The van der Waals surface area contributed by atoms with Crippen molar-refractivity contribution in [1.29, 1.82) is 0 Å². The second kappa shape index (κ2) is 6.71. The van der Waals surface area contributed by atoms with E-state index >= 15 is 0 Å². The van der Waals surface area contributed by atoms with Crippen LogP contribution >= 0.6 is 0 Å². The highest BCUT2D eigenvalue weighted by Crippen LogP contribution is 2.25. The summed E-state index contributed by atoms with van der Waals surface area (Å²) in [7, 11) is 0. The van der Waals surface area contributed by atoms with Crippen LogP contribution in [0.5, 0.6) is 0 Å². The van der Waals surface area contributed by atoms with Gasteiger partial charge in [0.1, 0.15) is 0 Å². The standard InChI is InChI=1S/C16H17N3O3/c1-11-14(9-6-10-15(11)19(21)22)18-16(20)17-12(2)13-7-4-3-5-8-13/h3-10,12H,1-2H3,(H2,17,18,20)/t12-/m1/s1. The smallest absolute Gasteiger partial charge is 0.319 e. The number of rotatable bonds is 4. The Labute approximate surface area is 128 Å². The lowest BCUT2D eigenvalue weighted by Crippen LogP contribution is -2.31. The first-order valence-electron chi connectivity index (χ1n) is 6.85. The van der Waals surface area contributed by atoms with Crippen molar-refractivity contribution in [2.75, 3.05) is 5.32 Å². The van der Waals surface area contributed by atoms with Gasteiger partial charge in [0.05, 0.1) is 22.2 Å². The summed E-state index contributed by atoms with van der Waals surface area (Å²) < 4.78 is 0. The Morgan fingerprint density at radius 2 is 1.82 bits per heavy atom. The van der Waals surface area contributed by atoms with Crippen LogP contribution in [0.25, 0.3) is 0 Å². The molecule has 114 valence electrons. The van der Waals surface area contributed by atoms with Crippen LogP contribution in [0.15, 0.2) is 48.5 Å². The van der Waals surface area contributed by atoms with Crippen molar-refractivity contribution >= 4 is 17.4 Å². The summed E-state index contributed by atoms with van der Waals surface area (Å²) in [6.07, 6.45) is 0. The molecule has 2 amide bonds. The Morgan fingerprint density at radius 3 is 2.45 bits per heavy atom. The van der Waals surface area contributed by atoms with Crippen LogP contribution < -0.4 is 10.6 Å². The van der Waals surface area contributed by atoms with Gasteiger partial charge < -0.3 is 10.6 Å². The van der Waals surface area contributed by atoms with E-state index in [4.69, 9.17) is 0 Å². The minimum absolute atomic E-state index is 0.0195. The fraction of sp³-hybridized carbons (Fsp3) is 0.188. The van der Waals surface area contributed by atoms with Crippen molar-refractivity contribution in [1.82, 2.24) is 5.32 Å². The number of nitrogens with zero attached hydrogens (tertiary/aromatic N) is 1. The number of nitro benzene ring substituents is 1. The highest BCUT2D eigenvalue weighted by atomic mass is 16.6. The summed E-state index contributed by atoms with van der Waals surface area (Å²) >= 11 is 0. The minimum atomic E-state index is -0.467. The molecule has 22 heavy (non-hydrogen) atoms. The predicted octanol–water partition coefficient (Wildman–Crippen LogP) is 3.79. The van der Waals surface area contributed by atoms with E-state index in [1.54, 1.807) is 19.1 Å². The summed E-state index contributed by atoms with van der Waals surface area (Å²) in [5, 5.41) is 16.4. The van der Waals surface area contributed by atoms with Gasteiger partial charge in [-0.15, -0.1) is 0 Å². The number of carbonyl (C=O) groups excluding carboxylic acids is 1. The largest absolute Gasteiger partial charge is 0.331 e. The molecule has 6 nitrogen and oxygen atoms in total. The van der Waals surface area contributed by atoms with Crippen molar-refractivity contribution in [2.24, 2.45) is 0 Å². The van der Waals surface area contributed by atoms with Gasteiger partial charge in [0.15, 0.2) is 0 Å². The van der Waals surface area contributed by atoms with Crippen molar-refractivity contribution in [3.05, 3.63) is 69.8 Å². The van der Waals surface area contributed by atoms with Crippen LogP contribution in [-0.2, 0) is 0 Å². The topological polar surface area (TPSA) is 84.3 Å². The number of nitro groups is 1. The fourth-order valence-corrected chi connectivity index (χ4v) is 2.14. The average molecular weight is 299 g/mol. The molecule has 0 aromatic heterocycles. The molecule has 0 aliphatic carbocycles. The van der Waals surface area contributed by atoms with Crippen molar-refractivity contribution in [3.63, 3.8) is 0 Å². The summed E-state index contributed by atoms with van der Waals surface area (Å²) in [6, 6.07) is 13.6. The highest BCUT2D eigenvalue weighted by Gasteiger charge is 2.15. The van der Waals surface area contributed by atoms with Gasteiger partial charge in [0, 0.05) is 6.07 Å². The van der Waals surface area contributed by atoms with Crippen molar-refractivity contribution in [2.45, 2.75) is 19.9 Å². The van der Waals surface area contributed by atoms with Crippen molar-refractivity contribution < 1.29 is 9.72 Å². The normalized spacial score (nSPS) is 11.5. The summed E-state index contributed by atoms with van der Waals surface area (Å²) in [5.74, 6) is 0. The van der Waals surface area contributed by atoms with E-state index in [1.165, 1.54) is 6.07 Å². The highest BCUT2D eigenvalue weighted by molar-refractivity contribution is 5.91. The van der Waals surface area contributed by atoms with E-state index in [1.807, 2.05) is 37.3 Å². The summed E-state index contributed by atoms with van der Waals surface area (Å²) in [5.41, 5.74) is 1.81. The fourth-order valence-electron chi connectivity index (χ4n) is 2.14. The molecule has 2 N–H and O–H groups in total. The third-order valence-corrected chi connectivity index (χ3v) is 3.40. The van der Waals surface area contributed by atoms with Gasteiger partial charge in [-0.25, -0.2) is 4.79 Å². The molecule has 0 saturated heterocycles. The van der Waals surface area contributed by atoms with Gasteiger partial charge in [-0.1, -0.05) is 36.4 Å². The molecule has 0 fully saturated rings. The van der Waals surface area contributed by atoms with E-state index in [0.29, 0.717) is 11.3 Å². The lowest BCUT2D eigenvalue weighted by atomic mass is 10.1. The zero-order valence-corrected chi connectivity index (χ0v) is 12.4. The Morgan fingerprint density at radius 1 is 1.14 bits per heavy atom. The van der Waals surface area contributed by atoms with E-state index < -0.39 is 11.0 Å². The first kappa shape index (κ1) is 15.5. The first-order valence-corrected chi connectivity index (χ1v) is 6.85. The Kier molecular flexibility index (Phi) is 4.73. The molecule has 0 bridgehead atoms. The molecule has 0 unspecified atom stereocenters. The number of hydrogen-bond donors (Lipinski definition) is 2. The van der Waals surface area contributed by atoms with E-state index in [2.05, 4.69) is 10.6 Å². The SMILES string of the molecule is Cc1c(NC(=O)N[C@H](C)c2ccccc2)cccc1[N+](=O)[O-]. The van der Waals surface area contributed by atoms with E-state index in [-0.39, 0.29) is 11.7 Å². The third kappa shape index (κ3) is 3.60. The summed E-state index contributed by atoms with van der Waals surface area (Å²) in [4.78, 5) is 22.5. The van der Waals surface area contributed by atoms with Crippen LogP contribution in [0.2, 0.25) is 0 Å². The summed E-state index contributed by atoms with van der Waals surface area (Å²) in [6.45, 7) is 3.48. The van der Waals surface area contributed by atoms with Gasteiger partial charge in [0.25, 0.3) is 5.69 Å². The molecule has 2 aromatic rings. The molecule has 6 heteroatoms. The van der Waals surface area contributed by atoms with Crippen LogP contribution in [0, 0.1) is 17.0 Å². The van der Waals surface area contributed by atoms with E-state index in [9.17, 15) is 14.9 Å². The quantitative estimate of drug-likeness (QED) is 0.665. The first-order chi connectivity index (χ1) is 10.5. The number of carbonyl (C=O) groups is 1. The molecule has 2 aromatic carbocycles. The van der Waals surface area contributed by atoms with Gasteiger partial charge in [-0.3, -0.25) is 10.1 Å². The number of amides is 2. The lowest BCUT2D eigenvalue weighted by molar-refractivity contribution is -0.385. The Balaban J connectivity index is 2.07. The number of hydrogen-bond acceptors (Lipinski definition) is 3. The predicted molar refractivity (Wildman–Crippen MR) is 84.8 cm³/mol. The average Bonchev–Trinajstić information content (AvgIpc) is 2.50. The number of anilines is 1. The van der Waals surface area contributed by atoms with Gasteiger partial charge in [-0.2, -0.15) is 0 Å². The van der Waals surface area contributed by atoms with Crippen LogP contribution in [-0.4, -0.2) is 11.0 Å². The molecule has 0 aliphatic rings. The molecular weight excluding hydrogens is 282 g/mol. The number of urea groups is 1. The van der Waals surface area contributed by atoms with Crippen molar-refractivity contribution in [3.8, 4) is 0 Å². The van der Waals surface area contributed by atoms with Crippen LogP contribution in [0.3, 0.4) is 0 Å². The minimum Gasteiger partial charge on any atom is -0.331 e. The zero-order chi connectivity index (χ0) is 16.1. The molecule has 0 saturated carbocycles. The monoisotopic (exact) mass is 299 g/mol. The molecular formula is C16H17N3O3. The maximum atomic E-state index is 12.0. The van der Waals surface area contributed by atoms with Gasteiger partial charge in [0.2, 0.25) is 0 Å². The number of benzene rings is 2. The molecule has 2 rings (SSSR count). The van der Waals surface area contributed by atoms with Crippen LogP contribution in [0.4, 0.5) is 16.2 Å². The Hall–Kier alpha value is -2.89. The Bertz CT molecular complexity index is 686. The van der Waals surface area contributed by atoms with Gasteiger partial charge >= 0.3 is 6.03 Å². The molecule has 0 radical (unpaired) electrons. The number of nitrogens with one attached hydrogen (secondary N) is 2. The molecule has 0 aliphatic heterocycles. The van der Waals surface area contributed by atoms with Crippen LogP contribution in [0.1, 0.15) is 24.1 Å². The second-order valence-electron chi connectivity index (χ2n) is 4.94. The van der Waals surface area contributed by atoms with Gasteiger partial charge in [-0.05, 0) is 25.5 Å². The maximum absolute atomic E-state index is 12.0. The molecule has 1 atom stereocenters. The third-order valence-electron chi connectivity index (χ3n) is 3.40. The maximum Gasteiger partial charge on any atom is 0.319 e. The lowest BCUT2D eigenvalue weighted by Gasteiger charge is -2.15. The van der Waals surface area contributed by atoms with E-state index in [0.717, 1.165) is 5.56 Å².